The Kier molecular flexibility index (Phi) is 4.74. The van der Waals surface area contributed by atoms with E-state index in [0.717, 1.165) is 25.3 Å². The minimum Gasteiger partial charge on any atom is -0.361 e. The number of hydrogen-bond donors (Lipinski definition) is 1. The maximum atomic E-state index is 12.2. The van der Waals surface area contributed by atoms with Crippen LogP contribution in [0.2, 0.25) is 0 Å². The van der Waals surface area contributed by atoms with Crippen molar-refractivity contribution in [3.63, 3.8) is 0 Å². The molecule has 1 unspecified atom stereocenters. The third kappa shape index (κ3) is 3.01. The average molecular weight is 312 g/mol. The van der Waals surface area contributed by atoms with Crippen molar-refractivity contribution in [1.82, 2.24) is 9.88 Å². The average Bonchev–Trinajstić information content (AvgIpc) is 3.20. The Bertz CT molecular complexity index is 675. The third-order valence-corrected chi connectivity index (χ3v) is 5.35. The Balaban J connectivity index is 0.000000753. The van der Waals surface area contributed by atoms with E-state index in [1.807, 2.05) is 13.8 Å². The van der Waals surface area contributed by atoms with Gasteiger partial charge in [0.2, 0.25) is 5.91 Å². The van der Waals surface area contributed by atoms with E-state index >= 15 is 0 Å². The summed E-state index contributed by atoms with van der Waals surface area (Å²) in [5.41, 5.74) is 2.51. The number of likely N-dealkylation sites (tertiary alicyclic amines) is 1. The number of aromatic amines is 1. The summed E-state index contributed by atoms with van der Waals surface area (Å²) in [6, 6.07) is 8.91. The number of hydrogen-bond acceptors (Lipinski definition) is 1. The predicted octanol–water partition coefficient (Wildman–Crippen LogP) is 4.38. The van der Waals surface area contributed by atoms with Gasteiger partial charge in [0.1, 0.15) is 0 Å². The molecule has 1 N–H and O–H groups in total. The van der Waals surface area contributed by atoms with Gasteiger partial charge in [-0.15, -0.1) is 0 Å². The van der Waals surface area contributed by atoms with Crippen LogP contribution in [0.15, 0.2) is 30.5 Å². The van der Waals surface area contributed by atoms with Crippen molar-refractivity contribution in [2.75, 3.05) is 6.54 Å². The van der Waals surface area contributed by atoms with Gasteiger partial charge >= 0.3 is 0 Å². The number of rotatable bonds is 3. The lowest BCUT2D eigenvalue weighted by Gasteiger charge is -2.24. The first-order valence-electron chi connectivity index (χ1n) is 9.07. The molecule has 2 aromatic rings. The Morgan fingerprint density at radius 2 is 2.00 bits per heavy atom. The lowest BCUT2D eigenvalue weighted by Crippen LogP contribution is -2.35. The number of benzene rings is 1. The van der Waals surface area contributed by atoms with Crippen LogP contribution in [0.3, 0.4) is 0 Å². The number of nitrogens with zero attached hydrogens (tertiary/aromatic N) is 1. The van der Waals surface area contributed by atoms with Crippen LogP contribution in [0.5, 0.6) is 0 Å². The molecule has 1 saturated heterocycles. The second-order valence-electron chi connectivity index (χ2n) is 6.80. The summed E-state index contributed by atoms with van der Waals surface area (Å²) in [6.45, 7) is 7.19. The second kappa shape index (κ2) is 6.77. The molecule has 4 rings (SSSR count). The fourth-order valence-electron chi connectivity index (χ4n) is 4.37. The van der Waals surface area contributed by atoms with Crippen LogP contribution in [0.1, 0.15) is 45.6 Å². The fourth-order valence-corrected chi connectivity index (χ4v) is 4.37. The maximum absolute atomic E-state index is 12.2. The van der Waals surface area contributed by atoms with Gasteiger partial charge in [-0.2, -0.15) is 0 Å². The lowest BCUT2D eigenvalue weighted by atomic mass is 10.0. The zero-order valence-corrected chi connectivity index (χ0v) is 14.5. The quantitative estimate of drug-likeness (QED) is 0.897. The Labute approximate surface area is 139 Å². The molecular weight excluding hydrogens is 284 g/mol. The summed E-state index contributed by atoms with van der Waals surface area (Å²) in [5, 5.41) is 1.29. The van der Waals surface area contributed by atoms with E-state index in [-0.39, 0.29) is 0 Å². The minimum atomic E-state index is 0.372. The number of amides is 1. The normalized spacial score (nSPS) is 26.3. The SMILES string of the molecule is CC.C[C@H]1CC2[C@@H](CC(=O)N2CCc2c[nH]c3ccccc23)C1. The van der Waals surface area contributed by atoms with Crippen LogP contribution >= 0.6 is 0 Å². The number of fused-ring (bicyclic) bond motifs is 2. The molecule has 1 aromatic heterocycles. The minimum absolute atomic E-state index is 0.372. The van der Waals surface area contributed by atoms with Gasteiger partial charge in [-0.1, -0.05) is 39.0 Å². The summed E-state index contributed by atoms with van der Waals surface area (Å²) in [7, 11) is 0. The zero-order valence-electron chi connectivity index (χ0n) is 14.5. The third-order valence-electron chi connectivity index (χ3n) is 5.35. The molecular formula is C20H28N2O. The van der Waals surface area contributed by atoms with Gasteiger partial charge in [-0.3, -0.25) is 4.79 Å². The summed E-state index contributed by atoms with van der Waals surface area (Å²) in [5.74, 6) is 1.77. The molecule has 124 valence electrons. The molecule has 1 aliphatic carbocycles. The predicted molar refractivity (Wildman–Crippen MR) is 95.4 cm³/mol. The van der Waals surface area contributed by atoms with Crippen molar-refractivity contribution in [1.29, 1.82) is 0 Å². The van der Waals surface area contributed by atoms with Gasteiger partial charge in [0.25, 0.3) is 0 Å². The van der Waals surface area contributed by atoms with Gasteiger partial charge in [-0.05, 0) is 42.7 Å². The zero-order chi connectivity index (χ0) is 16.4. The maximum Gasteiger partial charge on any atom is 0.223 e. The molecule has 0 spiro atoms. The molecule has 0 radical (unpaired) electrons. The molecule has 3 nitrogen and oxygen atoms in total. The Morgan fingerprint density at radius 3 is 2.83 bits per heavy atom. The fraction of sp³-hybridized carbons (Fsp3) is 0.550. The molecule has 1 aromatic carbocycles. The van der Waals surface area contributed by atoms with Crippen LogP contribution in [0.25, 0.3) is 10.9 Å². The number of aromatic nitrogens is 1. The molecule has 2 fully saturated rings. The Hall–Kier alpha value is -1.77. The number of carbonyl (C=O) groups excluding carboxylic acids is 1. The van der Waals surface area contributed by atoms with Crippen molar-refractivity contribution in [3.8, 4) is 0 Å². The number of nitrogens with one attached hydrogen (secondary N) is 1. The van der Waals surface area contributed by atoms with Crippen molar-refractivity contribution < 1.29 is 4.79 Å². The summed E-state index contributed by atoms with van der Waals surface area (Å²) >= 11 is 0. The molecule has 1 aliphatic heterocycles. The van der Waals surface area contributed by atoms with Crippen molar-refractivity contribution >= 4 is 16.8 Å². The number of carbonyl (C=O) groups is 1. The van der Waals surface area contributed by atoms with Gasteiger partial charge in [-0.25, -0.2) is 0 Å². The molecule has 23 heavy (non-hydrogen) atoms. The van der Waals surface area contributed by atoms with E-state index in [1.165, 1.54) is 29.3 Å². The highest BCUT2D eigenvalue weighted by Gasteiger charge is 2.44. The van der Waals surface area contributed by atoms with Gasteiger partial charge < -0.3 is 9.88 Å². The van der Waals surface area contributed by atoms with Crippen LogP contribution in [0.4, 0.5) is 0 Å². The molecule has 3 atom stereocenters. The molecule has 2 aliphatic rings. The van der Waals surface area contributed by atoms with Crippen LogP contribution in [0, 0.1) is 11.8 Å². The largest absolute Gasteiger partial charge is 0.361 e. The van der Waals surface area contributed by atoms with Crippen molar-refractivity contribution in [2.45, 2.75) is 52.5 Å². The van der Waals surface area contributed by atoms with Crippen LogP contribution in [-0.2, 0) is 11.2 Å². The van der Waals surface area contributed by atoms with Crippen molar-refractivity contribution in [2.24, 2.45) is 11.8 Å². The molecule has 0 bridgehead atoms. The molecule has 3 heteroatoms. The Morgan fingerprint density at radius 1 is 1.22 bits per heavy atom. The van der Waals surface area contributed by atoms with Crippen LogP contribution in [-0.4, -0.2) is 28.4 Å². The van der Waals surface area contributed by atoms with E-state index in [2.05, 4.69) is 47.3 Å². The number of H-pyrrole nitrogens is 1. The highest BCUT2D eigenvalue weighted by atomic mass is 16.2. The summed E-state index contributed by atoms with van der Waals surface area (Å²) in [4.78, 5) is 17.7. The van der Waals surface area contributed by atoms with Gasteiger partial charge in [0.15, 0.2) is 0 Å². The van der Waals surface area contributed by atoms with E-state index in [9.17, 15) is 4.79 Å². The van der Waals surface area contributed by atoms with Gasteiger partial charge in [0, 0.05) is 36.1 Å². The molecule has 1 amide bonds. The van der Waals surface area contributed by atoms with Crippen LogP contribution < -0.4 is 0 Å². The van der Waals surface area contributed by atoms with E-state index in [0.29, 0.717) is 17.9 Å². The smallest absolute Gasteiger partial charge is 0.223 e. The van der Waals surface area contributed by atoms with E-state index in [1.54, 1.807) is 0 Å². The standard InChI is InChI=1S/C18H22N2O.C2H6/c1-12-8-14-10-18(21)20(17(14)9-12)7-6-13-11-19-16-5-3-2-4-15(13)16;1-2/h2-5,11-12,14,17,19H,6-10H2,1H3;1-2H3/t12-,14-,17?;/m1./s1. The van der Waals surface area contributed by atoms with E-state index < -0.39 is 0 Å². The monoisotopic (exact) mass is 312 g/mol. The van der Waals surface area contributed by atoms with Crippen molar-refractivity contribution in [3.05, 3.63) is 36.0 Å². The highest BCUT2D eigenvalue weighted by Crippen LogP contribution is 2.41. The summed E-state index contributed by atoms with van der Waals surface area (Å²) < 4.78 is 0. The highest BCUT2D eigenvalue weighted by molar-refractivity contribution is 5.83. The summed E-state index contributed by atoms with van der Waals surface area (Å²) in [6.07, 6.45) is 6.26. The first-order valence-corrected chi connectivity index (χ1v) is 9.07. The lowest BCUT2D eigenvalue weighted by molar-refractivity contribution is -0.129. The number of para-hydroxylation sites is 1. The molecule has 1 saturated carbocycles. The first kappa shape index (κ1) is 16.1. The second-order valence-corrected chi connectivity index (χ2v) is 6.80. The van der Waals surface area contributed by atoms with E-state index in [4.69, 9.17) is 0 Å². The topological polar surface area (TPSA) is 36.1 Å². The van der Waals surface area contributed by atoms with Gasteiger partial charge in [0.05, 0.1) is 0 Å². The molecule has 2 heterocycles. The first-order chi connectivity index (χ1) is 11.2.